The molecule has 2 heterocycles. The zero-order chi connectivity index (χ0) is 16.8. The number of morpholine rings is 1. The van der Waals surface area contributed by atoms with Gasteiger partial charge in [-0.1, -0.05) is 30.3 Å². The lowest BCUT2D eigenvalue weighted by Gasteiger charge is -2.35. The zero-order valence-corrected chi connectivity index (χ0v) is 15.1. The Morgan fingerprint density at radius 3 is 2.33 bits per heavy atom. The highest BCUT2D eigenvalue weighted by Crippen LogP contribution is 2.21. The molecule has 2 saturated heterocycles. The van der Waals surface area contributed by atoms with Crippen molar-refractivity contribution in [3.63, 3.8) is 0 Å². The summed E-state index contributed by atoms with van der Waals surface area (Å²) >= 11 is 0. The number of benzene rings is 1. The molecule has 134 valence electrons. The Bertz CT molecular complexity index is 592. The van der Waals surface area contributed by atoms with Crippen molar-refractivity contribution in [3.05, 3.63) is 35.9 Å². The summed E-state index contributed by atoms with van der Waals surface area (Å²) in [6, 6.07) is 9.85. The first-order valence-corrected chi connectivity index (χ1v) is 10.6. The van der Waals surface area contributed by atoms with E-state index in [0.29, 0.717) is 25.4 Å². The SMILES string of the molecule is O=S(=O)(CCc1ccccc1)N1CCC(CN2CCOCC2)CC1. The van der Waals surface area contributed by atoms with Crippen molar-refractivity contribution < 1.29 is 13.2 Å². The molecule has 0 aromatic heterocycles. The van der Waals surface area contributed by atoms with Gasteiger partial charge in [0.1, 0.15) is 0 Å². The van der Waals surface area contributed by atoms with Gasteiger partial charge in [0, 0.05) is 32.7 Å². The van der Waals surface area contributed by atoms with Crippen molar-refractivity contribution in [3.8, 4) is 0 Å². The molecule has 2 aliphatic rings. The van der Waals surface area contributed by atoms with Gasteiger partial charge >= 0.3 is 0 Å². The summed E-state index contributed by atoms with van der Waals surface area (Å²) in [6.07, 6.45) is 2.54. The molecular formula is C18H28N2O3S. The van der Waals surface area contributed by atoms with Gasteiger partial charge in [-0.2, -0.15) is 0 Å². The van der Waals surface area contributed by atoms with Crippen molar-refractivity contribution in [2.45, 2.75) is 19.3 Å². The van der Waals surface area contributed by atoms with Crippen molar-refractivity contribution in [1.82, 2.24) is 9.21 Å². The van der Waals surface area contributed by atoms with Crippen molar-refractivity contribution >= 4 is 10.0 Å². The molecule has 2 fully saturated rings. The van der Waals surface area contributed by atoms with Crippen LogP contribution in [0, 0.1) is 5.92 Å². The summed E-state index contributed by atoms with van der Waals surface area (Å²) in [5.74, 6) is 0.828. The molecule has 0 saturated carbocycles. The van der Waals surface area contributed by atoms with Crippen LogP contribution in [0.2, 0.25) is 0 Å². The van der Waals surface area contributed by atoms with E-state index < -0.39 is 10.0 Å². The Labute approximate surface area is 145 Å². The summed E-state index contributed by atoms with van der Waals surface area (Å²) in [5.41, 5.74) is 1.09. The third-order valence-corrected chi connectivity index (χ3v) is 6.95. The number of hydrogen-bond donors (Lipinski definition) is 0. The van der Waals surface area contributed by atoms with Gasteiger partial charge in [0.05, 0.1) is 19.0 Å². The van der Waals surface area contributed by atoms with Gasteiger partial charge in [0.15, 0.2) is 0 Å². The van der Waals surface area contributed by atoms with Crippen LogP contribution in [-0.4, -0.2) is 69.3 Å². The molecule has 2 aliphatic heterocycles. The fourth-order valence-corrected chi connectivity index (χ4v) is 5.06. The number of nitrogens with zero attached hydrogens (tertiary/aromatic N) is 2. The van der Waals surface area contributed by atoms with E-state index in [0.717, 1.165) is 51.3 Å². The standard InChI is InChI=1S/C18H28N2O3S/c21-24(22,15-8-17-4-2-1-3-5-17)20-9-6-18(7-10-20)16-19-11-13-23-14-12-19/h1-5,18H,6-16H2. The van der Waals surface area contributed by atoms with Gasteiger partial charge in [-0.25, -0.2) is 12.7 Å². The Morgan fingerprint density at radius 2 is 1.67 bits per heavy atom. The number of aryl methyl sites for hydroxylation is 1. The Balaban J connectivity index is 1.44. The van der Waals surface area contributed by atoms with Crippen LogP contribution in [0.15, 0.2) is 30.3 Å². The molecular weight excluding hydrogens is 324 g/mol. The average molecular weight is 353 g/mol. The van der Waals surface area contributed by atoms with Crippen LogP contribution < -0.4 is 0 Å². The first-order valence-electron chi connectivity index (χ1n) is 8.95. The average Bonchev–Trinajstić information content (AvgIpc) is 2.62. The van der Waals surface area contributed by atoms with Gasteiger partial charge < -0.3 is 4.74 Å². The maximum Gasteiger partial charge on any atom is 0.214 e. The molecule has 0 unspecified atom stereocenters. The van der Waals surface area contributed by atoms with E-state index in [9.17, 15) is 8.42 Å². The lowest BCUT2D eigenvalue weighted by Crippen LogP contribution is -2.44. The van der Waals surface area contributed by atoms with Crippen LogP contribution in [0.25, 0.3) is 0 Å². The van der Waals surface area contributed by atoms with Crippen LogP contribution in [0.4, 0.5) is 0 Å². The van der Waals surface area contributed by atoms with E-state index >= 15 is 0 Å². The highest BCUT2D eigenvalue weighted by molar-refractivity contribution is 7.89. The molecule has 5 nitrogen and oxygen atoms in total. The summed E-state index contributed by atoms with van der Waals surface area (Å²) in [4.78, 5) is 2.45. The normalized spacial score (nSPS) is 21.8. The molecule has 0 radical (unpaired) electrons. The van der Waals surface area contributed by atoms with Gasteiger partial charge in [0.25, 0.3) is 0 Å². The van der Waals surface area contributed by atoms with E-state index in [4.69, 9.17) is 4.74 Å². The highest BCUT2D eigenvalue weighted by Gasteiger charge is 2.28. The van der Waals surface area contributed by atoms with Gasteiger partial charge in [-0.3, -0.25) is 4.90 Å². The predicted molar refractivity (Wildman–Crippen MR) is 95.5 cm³/mol. The predicted octanol–water partition coefficient (Wildman–Crippen LogP) is 1.60. The Morgan fingerprint density at radius 1 is 1.00 bits per heavy atom. The van der Waals surface area contributed by atoms with Gasteiger partial charge in [-0.05, 0) is 30.7 Å². The number of sulfonamides is 1. The molecule has 1 aromatic rings. The van der Waals surface area contributed by atoms with Crippen molar-refractivity contribution in [2.75, 3.05) is 51.7 Å². The van der Waals surface area contributed by atoms with Crippen LogP contribution >= 0.6 is 0 Å². The first kappa shape index (κ1) is 17.9. The second-order valence-electron chi connectivity index (χ2n) is 6.81. The second kappa shape index (κ2) is 8.43. The largest absolute Gasteiger partial charge is 0.379 e. The van der Waals surface area contributed by atoms with Gasteiger partial charge in [-0.15, -0.1) is 0 Å². The third kappa shape index (κ3) is 5.02. The Hall–Kier alpha value is -0.950. The second-order valence-corrected chi connectivity index (χ2v) is 8.90. The lowest BCUT2D eigenvalue weighted by atomic mass is 9.97. The minimum absolute atomic E-state index is 0.213. The van der Waals surface area contributed by atoms with E-state index in [1.165, 1.54) is 0 Å². The van der Waals surface area contributed by atoms with E-state index in [-0.39, 0.29) is 5.75 Å². The van der Waals surface area contributed by atoms with E-state index in [1.54, 1.807) is 4.31 Å². The number of hydrogen-bond acceptors (Lipinski definition) is 4. The fraction of sp³-hybridized carbons (Fsp3) is 0.667. The monoisotopic (exact) mass is 352 g/mol. The molecule has 0 bridgehead atoms. The molecule has 24 heavy (non-hydrogen) atoms. The molecule has 1 aromatic carbocycles. The molecule has 0 N–H and O–H groups in total. The zero-order valence-electron chi connectivity index (χ0n) is 14.3. The number of rotatable bonds is 6. The minimum atomic E-state index is -3.14. The number of piperidine rings is 1. The summed E-state index contributed by atoms with van der Waals surface area (Å²) in [5, 5.41) is 0. The quantitative estimate of drug-likeness (QED) is 0.780. The van der Waals surface area contributed by atoms with Gasteiger partial charge in [0.2, 0.25) is 10.0 Å². The van der Waals surface area contributed by atoms with Crippen LogP contribution in [-0.2, 0) is 21.2 Å². The lowest BCUT2D eigenvalue weighted by molar-refractivity contribution is 0.0269. The topological polar surface area (TPSA) is 49.9 Å². The molecule has 6 heteroatoms. The molecule has 0 amide bonds. The third-order valence-electron chi connectivity index (χ3n) is 5.08. The Kier molecular flexibility index (Phi) is 6.27. The van der Waals surface area contributed by atoms with E-state index in [1.807, 2.05) is 30.3 Å². The molecule has 0 spiro atoms. The van der Waals surface area contributed by atoms with Crippen molar-refractivity contribution in [2.24, 2.45) is 5.92 Å². The molecule has 3 rings (SSSR count). The molecule has 0 atom stereocenters. The maximum atomic E-state index is 12.6. The molecule has 0 aliphatic carbocycles. The van der Waals surface area contributed by atoms with Crippen molar-refractivity contribution in [1.29, 1.82) is 0 Å². The summed E-state index contributed by atoms with van der Waals surface area (Å²) in [6.45, 7) is 6.10. The summed E-state index contributed by atoms with van der Waals surface area (Å²) in [7, 11) is -3.14. The first-order chi connectivity index (χ1) is 11.6. The summed E-state index contributed by atoms with van der Waals surface area (Å²) < 4.78 is 32.2. The van der Waals surface area contributed by atoms with Crippen LogP contribution in [0.3, 0.4) is 0 Å². The smallest absolute Gasteiger partial charge is 0.214 e. The fourth-order valence-electron chi connectivity index (χ4n) is 3.54. The maximum absolute atomic E-state index is 12.6. The minimum Gasteiger partial charge on any atom is -0.379 e. The number of ether oxygens (including phenoxy) is 1. The van der Waals surface area contributed by atoms with Crippen LogP contribution in [0.5, 0.6) is 0 Å². The van der Waals surface area contributed by atoms with E-state index in [2.05, 4.69) is 4.90 Å². The highest BCUT2D eigenvalue weighted by atomic mass is 32.2. The van der Waals surface area contributed by atoms with Crippen LogP contribution in [0.1, 0.15) is 18.4 Å².